The lowest BCUT2D eigenvalue weighted by atomic mass is 9.98. The van der Waals surface area contributed by atoms with Crippen LogP contribution in [0.1, 0.15) is 6.42 Å². The van der Waals surface area contributed by atoms with Gasteiger partial charge in [0.1, 0.15) is 0 Å². The van der Waals surface area contributed by atoms with Crippen LogP contribution in [0.5, 0.6) is 0 Å². The van der Waals surface area contributed by atoms with Crippen molar-refractivity contribution in [2.75, 3.05) is 7.11 Å². The average molecular weight is 202 g/mol. The van der Waals surface area contributed by atoms with Crippen molar-refractivity contribution in [2.45, 2.75) is 6.42 Å². The van der Waals surface area contributed by atoms with Crippen molar-refractivity contribution in [2.24, 2.45) is 10.2 Å². The van der Waals surface area contributed by atoms with Crippen LogP contribution in [0.15, 0.2) is 57.6 Å². The largest absolute Gasteiger partial charge is 0.465 e. The number of esters is 1. The molecule has 0 fully saturated rings. The molecule has 0 aromatic carbocycles. The second-order valence-corrected chi connectivity index (χ2v) is 3.10. The second kappa shape index (κ2) is 4.04. The molecule has 76 valence electrons. The fourth-order valence-corrected chi connectivity index (χ4v) is 1.50. The van der Waals surface area contributed by atoms with E-state index in [9.17, 15) is 4.79 Å². The molecule has 2 rings (SSSR count). The smallest absolute Gasteiger partial charge is 0.338 e. The topological polar surface area (TPSA) is 51.0 Å². The Labute approximate surface area is 87.3 Å². The number of fused-ring (bicyclic) bond motifs is 1. The first-order valence-corrected chi connectivity index (χ1v) is 4.59. The minimum absolute atomic E-state index is 0.352. The van der Waals surface area contributed by atoms with Crippen LogP contribution in [-0.2, 0) is 9.53 Å². The summed E-state index contributed by atoms with van der Waals surface area (Å²) in [5.41, 5.74) is 2.11. The van der Waals surface area contributed by atoms with Gasteiger partial charge in [-0.25, -0.2) is 4.79 Å². The first-order valence-electron chi connectivity index (χ1n) is 4.59. The van der Waals surface area contributed by atoms with E-state index in [1.54, 1.807) is 6.08 Å². The van der Waals surface area contributed by atoms with E-state index in [-0.39, 0.29) is 5.97 Å². The number of hydrogen-bond acceptors (Lipinski definition) is 4. The lowest BCUT2D eigenvalue weighted by Gasteiger charge is -2.10. The van der Waals surface area contributed by atoms with Crippen LogP contribution < -0.4 is 0 Å². The maximum atomic E-state index is 11.5. The first kappa shape index (κ1) is 9.58. The van der Waals surface area contributed by atoms with Crippen molar-refractivity contribution in [1.82, 2.24) is 0 Å². The van der Waals surface area contributed by atoms with Crippen molar-refractivity contribution in [3.63, 3.8) is 0 Å². The summed E-state index contributed by atoms with van der Waals surface area (Å²) < 4.78 is 4.71. The third-order valence-electron chi connectivity index (χ3n) is 2.23. The SMILES string of the molecule is COC(=O)C1=C2CC=CC=C2N=NC=C1. The van der Waals surface area contributed by atoms with Gasteiger partial charge in [-0.2, -0.15) is 10.2 Å². The molecule has 0 atom stereocenters. The molecule has 15 heavy (non-hydrogen) atoms. The maximum absolute atomic E-state index is 11.5. The highest BCUT2D eigenvalue weighted by Gasteiger charge is 2.18. The highest BCUT2D eigenvalue weighted by molar-refractivity contribution is 5.93. The minimum Gasteiger partial charge on any atom is -0.465 e. The number of nitrogens with zero attached hydrogens (tertiary/aromatic N) is 2. The van der Waals surface area contributed by atoms with Crippen LogP contribution in [0.3, 0.4) is 0 Å². The van der Waals surface area contributed by atoms with E-state index in [1.165, 1.54) is 13.3 Å². The molecule has 0 aromatic heterocycles. The number of rotatable bonds is 1. The van der Waals surface area contributed by atoms with Gasteiger partial charge in [-0.1, -0.05) is 12.2 Å². The molecule has 0 saturated carbocycles. The van der Waals surface area contributed by atoms with Gasteiger partial charge in [0.2, 0.25) is 0 Å². The molecule has 1 heterocycles. The summed E-state index contributed by atoms with van der Waals surface area (Å²) >= 11 is 0. The Morgan fingerprint density at radius 1 is 1.53 bits per heavy atom. The van der Waals surface area contributed by atoms with E-state index >= 15 is 0 Å². The Balaban J connectivity index is 2.50. The molecule has 0 unspecified atom stereocenters. The zero-order chi connectivity index (χ0) is 10.7. The molecule has 0 aromatic rings. The highest BCUT2D eigenvalue weighted by Crippen LogP contribution is 2.27. The summed E-state index contributed by atoms with van der Waals surface area (Å²) in [5.74, 6) is -0.352. The van der Waals surface area contributed by atoms with Crippen LogP contribution >= 0.6 is 0 Å². The molecular formula is C11H10N2O2. The lowest BCUT2D eigenvalue weighted by molar-refractivity contribution is -0.135. The summed E-state index contributed by atoms with van der Waals surface area (Å²) in [7, 11) is 1.37. The zero-order valence-electron chi connectivity index (χ0n) is 8.30. The van der Waals surface area contributed by atoms with Gasteiger partial charge in [0, 0.05) is 0 Å². The Hall–Kier alpha value is -1.97. The van der Waals surface area contributed by atoms with Crippen molar-refractivity contribution in [3.8, 4) is 0 Å². The van der Waals surface area contributed by atoms with Crippen molar-refractivity contribution < 1.29 is 9.53 Å². The molecule has 1 aliphatic carbocycles. The summed E-state index contributed by atoms with van der Waals surface area (Å²) in [4.78, 5) is 11.5. The lowest BCUT2D eigenvalue weighted by Crippen LogP contribution is -2.07. The van der Waals surface area contributed by atoms with E-state index in [0.29, 0.717) is 12.0 Å². The molecule has 2 aliphatic rings. The van der Waals surface area contributed by atoms with Gasteiger partial charge in [-0.05, 0) is 24.1 Å². The molecule has 4 nitrogen and oxygen atoms in total. The molecule has 0 N–H and O–H groups in total. The zero-order valence-corrected chi connectivity index (χ0v) is 8.30. The number of ether oxygens (including phenoxy) is 1. The molecular weight excluding hydrogens is 192 g/mol. The van der Waals surface area contributed by atoms with Crippen LogP contribution in [0.25, 0.3) is 0 Å². The standard InChI is InChI=1S/C11H10N2O2/c1-15-11(14)9-6-7-12-13-10-5-3-2-4-8(9)10/h2-3,5-7H,4H2,1H3. The maximum Gasteiger partial charge on any atom is 0.338 e. The number of hydrogen-bond donors (Lipinski definition) is 0. The predicted octanol–water partition coefficient (Wildman–Crippen LogP) is 2.28. The van der Waals surface area contributed by atoms with Gasteiger partial charge >= 0.3 is 5.97 Å². The van der Waals surface area contributed by atoms with Crippen LogP contribution in [0, 0.1) is 0 Å². The van der Waals surface area contributed by atoms with Crippen LogP contribution in [0.4, 0.5) is 0 Å². The van der Waals surface area contributed by atoms with E-state index in [1.807, 2.05) is 18.2 Å². The third-order valence-corrected chi connectivity index (χ3v) is 2.23. The molecule has 0 saturated heterocycles. The molecule has 0 bridgehead atoms. The van der Waals surface area contributed by atoms with Gasteiger partial charge in [0.05, 0.1) is 24.6 Å². The summed E-state index contributed by atoms with van der Waals surface area (Å²) in [6.07, 6.45) is 9.51. The Bertz CT molecular complexity index is 440. The highest BCUT2D eigenvalue weighted by atomic mass is 16.5. The summed E-state index contributed by atoms with van der Waals surface area (Å²) in [6, 6.07) is 0. The monoisotopic (exact) mass is 202 g/mol. The van der Waals surface area contributed by atoms with Crippen molar-refractivity contribution in [1.29, 1.82) is 0 Å². The fraction of sp³-hybridized carbons (Fsp3) is 0.182. The molecule has 4 heteroatoms. The Kier molecular flexibility index (Phi) is 2.58. The van der Waals surface area contributed by atoms with E-state index < -0.39 is 0 Å². The van der Waals surface area contributed by atoms with E-state index in [4.69, 9.17) is 4.74 Å². The Morgan fingerprint density at radius 3 is 3.20 bits per heavy atom. The van der Waals surface area contributed by atoms with E-state index in [0.717, 1.165) is 11.3 Å². The Morgan fingerprint density at radius 2 is 2.40 bits per heavy atom. The van der Waals surface area contributed by atoms with Crippen LogP contribution in [-0.4, -0.2) is 13.1 Å². The fourth-order valence-electron chi connectivity index (χ4n) is 1.50. The van der Waals surface area contributed by atoms with Crippen molar-refractivity contribution in [3.05, 3.63) is 47.3 Å². The van der Waals surface area contributed by atoms with Crippen molar-refractivity contribution >= 4 is 5.97 Å². The van der Waals surface area contributed by atoms with Gasteiger partial charge in [0.25, 0.3) is 0 Å². The molecule has 0 spiro atoms. The molecule has 0 amide bonds. The van der Waals surface area contributed by atoms with E-state index in [2.05, 4.69) is 10.2 Å². The number of allylic oxidation sites excluding steroid dienone is 4. The predicted molar refractivity (Wildman–Crippen MR) is 54.9 cm³/mol. The average Bonchev–Trinajstić information content (AvgIpc) is 2.50. The van der Waals surface area contributed by atoms with Gasteiger partial charge < -0.3 is 4.74 Å². The molecule has 1 aliphatic heterocycles. The minimum atomic E-state index is -0.352. The van der Waals surface area contributed by atoms with Gasteiger partial charge in [-0.15, -0.1) is 0 Å². The second-order valence-electron chi connectivity index (χ2n) is 3.10. The number of carbonyl (C=O) groups is 1. The third kappa shape index (κ3) is 1.79. The number of azo groups is 1. The summed E-state index contributed by atoms with van der Waals surface area (Å²) in [5, 5.41) is 7.81. The quantitative estimate of drug-likeness (QED) is 0.612. The first-order chi connectivity index (χ1) is 7.33. The number of methoxy groups -OCH3 is 1. The number of carbonyl (C=O) groups excluding carboxylic acids is 1. The van der Waals surface area contributed by atoms with Crippen LogP contribution in [0.2, 0.25) is 0 Å². The van der Waals surface area contributed by atoms with Gasteiger partial charge in [0.15, 0.2) is 0 Å². The van der Waals surface area contributed by atoms with Gasteiger partial charge in [-0.3, -0.25) is 0 Å². The normalized spacial score (nSPS) is 18.3. The summed E-state index contributed by atoms with van der Waals surface area (Å²) in [6.45, 7) is 0. The molecule has 0 radical (unpaired) electrons.